The maximum Gasteiger partial charge on any atom is 0.327 e. The highest BCUT2D eigenvalue weighted by atomic mass is 16.5. The van der Waals surface area contributed by atoms with E-state index in [9.17, 15) is 4.79 Å². The average Bonchev–Trinajstić information content (AvgIpc) is 2.56. The van der Waals surface area contributed by atoms with Gasteiger partial charge in [-0.15, -0.1) is 0 Å². The molecule has 76 valence electrons. The molecule has 0 fully saturated rings. The highest BCUT2D eigenvalue weighted by molar-refractivity contribution is 5.78. The summed E-state index contributed by atoms with van der Waals surface area (Å²) in [5.41, 5.74) is 1.92. The summed E-state index contributed by atoms with van der Waals surface area (Å²) in [6, 6.07) is -0.350. The van der Waals surface area contributed by atoms with Crippen molar-refractivity contribution in [2.75, 3.05) is 13.7 Å². The number of carbonyl (C=O) groups excluding carboxylic acids is 1. The van der Waals surface area contributed by atoms with Gasteiger partial charge in [-0.3, -0.25) is 4.68 Å². The van der Waals surface area contributed by atoms with Gasteiger partial charge in [-0.25, -0.2) is 4.79 Å². The molecule has 0 radical (unpaired) electrons. The van der Waals surface area contributed by atoms with Gasteiger partial charge in [0.25, 0.3) is 0 Å². The van der Waals surface area contributed by atoms with Crippen LogP contribution in [0, 0.1) is 0 Å². The van der Waals surface area contributed by atoms with E-state index in [1.54, 1.807) is 4.68 Å². The number of nitrogens with one attached hydrogen (secondary N) is 1. The molecule has 2 heterocycles. The van der Waals surface area contributed by atoms with E-state index in [1.165, 1.54) is 7.11 Å². The molecule has 0 saturated carbocycles. The minimum Gasteiger partial charge on any atom is -0.468 e. The second-order valence-electron chi connectivity index (χ2n) is 3.37. The van der Waals surface area contributed by atoms with Crippen molar-refractivity contribution in [3.8, 4) is 0 Å². The Hall–Kier alpha value is -1.36. The molecule has 0 spiro atoms. The normalized spacial score (nSPS) is 20.3. The van der Waals surface area contributed by atoms with E-state index in [0.29, 0.717) is 0 Å². The van der Waals surface area contributed by atoms with Crippen molar-refractivity contribution in [3.05, 3.63) is 17.5 Å². The van der Waals surface area contributed by atoms with Crippen LogP contribution in [-0.4, -0.2) is 29.4 Å². The maximum absolute atomic E-state index is 11.4. The first-order valence-electron chi connectivity index (χ1n) is 4.56. The summed E-state index contributed by atoms with van der Waals surface area (Å²) < 4.78 is 6.45. The van der Waals surface area contributed by atoms with Crippen LogP contribution in [0.3, 0.4) is 0 Å². The van der Waals surface area contributed by atoms with Crippen molar-refractivity contribution in [3.63, 3.8) is 0 Å². The number of fused-ring (bicyclic) bond motifs is 1. The van der Waals surface area contributed by atoms with Gasteiger partial charge in [0.2, 0.25) is 0 Å². The van der Waals surface area contributed by atoms with Crippen LogP contribution >= 0.6 is 0 Å². The number of ether oxygens (including phenoxy) is 1. The minimum atomic E-state index is -0.350. The van der Waals surface area contributed by atoms with Crippen molar-refractivity contribution >= 4 is 5.97 Å². The zero-order valence-corrected chi connectivity index (χ0v) is 8.28. The van der Waals surface area contributed by atoms with E-state index in [0.717, 1.165) is 24.2 Å². The molecule has 1 aliphatic heterocycles. The monoisotopic (exact) mass is 195 g/mol. The molecule has 5 heteroatoms. The number of aryl methyl sites for hydroxylation is 1. The average molecular weight is 195 g/mol. The number of hydrogen-bond acceptors (Lipinski definition) is 4. The lowest BCUT2D eigenvalue weighted by atomic mass is 10.0. The summed E-state index contributed by atoms with van der Waals surface area (Å²) >= 11 is 0. The molecule has 0 aromatic carbocycles. The van der Waals surface area contributed by atoms with Crippen LogP contribution in [0.1, 0.15) is 17.3 Å². The second kappa shape index (κ2) is 3.42. The molecule has 1 aromatic rings. The lowest BCUT2D eigenvalue weighted by Gasteiger charge is -2.20. The fraction of sp³-hybridized carbons (Fsp3) is 0.556. The number of carbonyl (C=O) groups is 1. The van der Waals surface area contributed by atoms with Crippen LogP contribution in [-0.2, 0) is 23.0 Å². The van der Waals surface area contributed by atoms with Gasteiger partial charge in [0.05, 0.1) is 12.8 Å². The largest absolute Gasteiger partial charge is 0.468 e. The van der Waals surface area contributed by atoms with Gasteiger partial charge in [-0.05, 0) is 0 Å². The summed E-state index contributed by atoms with van der Waals surface area (Å²) in [7, 11) is 3.25. The first-order valence-corrected chi connectivity index (χ1v) is 4.56. The number of rotatable bonds is 1. The zero-order chi connectivity index (χ0) is 10.1. The van der Waals surface area contributed by atoms with Crippen molar-refractivity contribution < 1.29 is 9.53 Å². The molecule has 0 bridgehead atoms. The lowest BCUT2D eigenvalue weighted by Crippen LogP contribution is -2.35. The first kappa shape index (κ1) is 9.21. The standard InChI is InChI=1S/C9H13N3O2/c1-12-5-6-7(11-12)3-4-10-8(6)9(13)14-2/h5,8,10H,3-4H2,1-2H3. The Morgan fingerprint density at radius 1 is 1.79 bits per heavy atom. The predicted octanol–water partition coefficient (Wildman–Crippen LogP) is -0.220. The quantitative estimate of drug-likeness (QED) is 0.629. The molecule has 1 unspecified atom stereocenters. The number of methoxy groups -OCH3 is 1. The first-order chi connectivity index (χ1) is 6.72. The molecule has 14 heavy (non-hydrogen) atoms. The number of aromatic nitrogens is 2. The van der Waals surface area contributed by atoms with E-state index in [4.69, 9.17) is 4.74 Å². The molecule has 1 N–H and O–H groups in total. The Balaban J connectivity index is 2.34. The molecular formula is C9H13N3O2. The third kappa shape index (κ3) is 1.39. The Kier molecular flexibility index (Phi) is 2.25. The Bertz CT molecular complexity index is 359. The van der Waals surface area contributed by atoms with E-state index < -0.39 is 0 Å². The number of nitrogens with zero attached hydrogens (tertiary/aromatic N) is 2. The molecule has 0 saturated heterocycles. The Morgan fingerprint density at radius 2 is 2.57 bits per heavy atom. The van der Waals surface area contributed by atoms with Gasteiger partial charge >= 0.3 is 5.97 Å². The summed E-state index contributed by atoms with van der Waals surface area (Å²) in [5.74, 6) is -0.251. The predicted molar refractivity (Wildman–Crippen MR) is 49.7 cm³/mol. The summed E-state index contributed by atoms with van der Waals surface area (Å²) in [4.78, 5) is 11.4. The van der Waals surface area contributed by atoms with E-state index in [-0.39, 0.29) is 12.0 Å². The van der Waals surface area contributed by atoms with Crippen molar-refractivity contribution in [2.24, 2.45) is 7.05 Å². The van der Waals surface area contributed by atoms with Crippen LogP contribution in [0.25, 0.3) is 0 Å². The van der Waals surface area contributed by atoms with Crippen LogP contribution in [0.4, 0.5) is 0 Å². The smallest absolute Gasteiger partial charge is 0.327 e. The SMILES string of the molecule is COC(=O)C1NCCc2nn(C)cc21. The van der Waals surface area contributed by atoms with Gasteiger partial charge in [-0.2, -0.15) is 5.10 Å². The number of hydrogen-bond donors (Lipinski definition) is 1. The molecule has 2 rings (SSSR count). The molecule has 5 nitrogen and oxygen atoms in total. The molecule has 1 aromatic heterocycles. The highest BCUT2D eigenvalue weighted by Gasteiger charge is 2.28. The van der Waals surface area contributed by atoms with Gasteiger partial charge in [0.1, 0.15) is 6.04 Å². The van der Waals surface area contributed by atoms with Crippen molar-refractivity contribution in [2.45, 2.75) is 12.5 Å². The van der Waals surface area contributed by atoms with Crippen molar-refractivity contribution in [1.29, 1.82) is 0 Å². The summed E-state index contributed by atoms with van der Waals surface area (Å²) in [5, 5.41) is 7.40. The lowest BCUT2D eigenvalue weighted by molar-refractivity contribution is -0.143. The maximum atomic E-state index is 11.4. The molecule has 0 amide bonds. The summed E-state index contributed by atoms with van der Waals surface area (Å²) in [6.07, 6.45) is 2.73. The third-order valence-corrected chi connectivity index (χ3v) is 2.40. The van der Waals surface area contributed by atoms with Gasteiger partial charge in [-0.1, -0.05) is 0 Å². The Labute approximate surface area is 82.0 Å². The zero-order valence-electron chi connectivity index (χ0n) is 8.28. The van der Waals surface area contributed by atoms with Crippen molar-refractivity contribution in [1.82, 2.24) is 15.1 Å². The van der Waals surface area contributed by atoms with Crippen LogP contribution in [0.2, 0.25) is 0 Å². The van der Waals surface area contributed by atoms with Crippen LogP contribution in [0.5, 0.6) is 0 Å². The van der Waals surface area contributed by atoms with Crippen LogP contribution in [0.15, 0.2) is 6.20 Å². The fourth-order valence-electron chi connectivity index (χ4n) is 1.76. The highest BCUT2D eigenvalue weighted by Crippen LogP contribution is 2.22. The third-order valence-electron chi connectivity index (χ3n) is 2.40. The number of esters is 1. The molecule has 0 aliphatic carbocycles. The minimum absolute atomic E-state index is 0.251. The van der Waals surface area contributed by atoms with E-state index in [2.05, 4.69) is 10.4 Å². The second-order valence-corrected chi connectivity index (χ2v) is 3.37. The van der Waals surface area contributed by atoms with Gasteiger partial charge in [0.15, 0.2) is 0 Å². The Morgan fingerprint density at radius 3 is 3.29 bits per heavy atom. The van der Waals surface area contributed by atoms with E-state index >= 15 is 0 Å². The molecular weight excluding hydrogens is 182 g/mol. The fourth-order valence-corrected chi connectivity index (χ4v) is 1.76. The summed E-state index contributed by atoms with van der Waals surface area (Å²) in [6.45, 7) is 0.768. The van der Waals surface area contributed by atoms with Gasteiger partial charge in [0, 0.05) is 31.8 Å². The van der Waals surface area contributed by atoms with Gasteiger partial charge < -0.3 is 10.1 Å². The molecule has 1 atom stereocenters. The molecule has 1 aliphatic rings. The topological polar surface area (TPSA) is 56.1 Å². The van der Waals surface area contributed by atoms with Crippen LogP contribution < -0.4 is 5.32 Å². The van der Waals surface area contributed by atoms with E-state index in [1.807, 2.05) is 13.2 Å².